The Bertz CT molecular complexity index is 405. The number of aryl methyl sites for hydroxylation is 1. The van der Waals surface area contributed by atoms with Gasteiger partial charge >= 0.3 is 0 Å². The lowest BCUT2D eigenvalue weighted by Crippen LogP contribution is -2.37. The molecule has 1 aromatic heterocycles. The first-order valence-electron chi connectivity index (χ1n) is 6.70. The summed E-state index contributed by atoms with van der Waals surface area (Å²) >= 11 is 1.70. The Morgan fingerprint density at radius 2 is 2.39 bits per heavy atom. The van der Waals surface area contributed by atoms with E-state index in [1.54, 1.807) is 11.3 Å². The van der Waals surface area contributed by atoms with Crippen molar-refractivity contribution in [2.24, 2.45) is 0 Å². The molecule has 0 unspecified atom stereocenters. The number of rotatable bonds is 5. The first-order chi connectivity index (χ1) is 8.69. The van der Waals surface area contributed by atoms with E-state index in [2.05, 4.69) is 15.7 Å². The van der Waals surface area contributed by atoms with Gasteiger partial charge in [0.15, 0.2) is 0 Å². The van der Waals surface area contributed by atoms with Gasteiger partial charge in [0.2, 0.25) is 0 Å². The third-order valence-corrected chi connectivity index (χ3v) is 6.08. The Morgan fingerprint density at radius 3 is 3.06 bits per heavy atom. The highest BCUT2D eigenvalue weighted by Crippen LogP contribution is 2.23. The fraction of sp³-hybridized carbons (Fsp3) is 0.769. The van der Waals surface area contributed by atoms with Crippen molar-refractivity contribution in [2.75, 3.05) is 5.75 Å². The molecule has 3 nitrogen and oxygen atoms in total. The van der Waals surface area contributed by atoms with Gasteiger partial charge in [-0.3, -0.25) is 4.21 Å². The zero-order valence-electron chi connectivity index (χ0n) is 11.1. The number of hydrogen-bond acceptors (Lipinski definition) is 4. The van der Waals surface area contributed by atoms with E-state index in [0.717, 1.165) is 35.8 Å². The third kappa shape index (κ3) is 3.87. The third-order valence-electron chi connectivity index (χ3n) is 3.52. The van der Waals surface area contributed by atoms with Crippen LogP contribution in [0.15, 0.2) is 5.38 Å². The second-order valence-corrected chi connectivity index (χ2v) is 7.96. The van der Waals surface area contributed by atoms with Crippen LogP contribution in [0.1, 0.15) is 43.3 Å². The predicted molar refractivity (Wildman–Crippen MR) is 78.4 cm³/mol. The lowest BCUT2D eigenvalue weighted by molar-refractivity contribution is 0.374. The van der Waals surface area contributed by atoms with E-state index in [4.69, 9.17) is 0 Å². The van der Waals surface area contributed by atoms with Gasteiger partial charge in [0, 0.05) is 39.8 Å². The van der Waals surface area contributed by atoms with Crippen molar-refractivity contribution in [3.63, 3.8) is 0 Å². The molecule has 1 aliphatic rings. The smallest absolute Gasteiger partial charge is 0.0897 e. The molecule has 0 bridgehead atoms. The number of nitrogens with zero attached hydrogens (tertiary/aromatic N) is 1. The quantitative estimate of drug-likeness (QED) is 0.905. The summed E-state index contributed by atoms with van der Waals surface area (Å²) in [6.45, 7) is 4.90. The van der Waals surface area contributed by atoms with Crippen LogP contribution in [-0.2, 0) is 17.3 Å². The molecule has 0 spiro atoms. The van der Waals surface area contributed by atoms with Gasteiger partial charge in [0.05, 0.1) is 10.7 Å². The number of hydrogen-bond donors (Lipinski definition) is 1. The topological polar surface area (TPSA) is 42.0 Å². The molecule has 102 valence electrons. The van der Waals surface area contributed by atoms with Crippen LogP contribution in [0.3, 0.4) is 0 Å². The molecule has 5 heteroatoms. The Hall–Kier alpha value is -0.260. The highest BCUT2D eigenvalue weighted by atomic mass is 32.2. The normalized spacial score (nSPS) is 26.1. The molecule has 0 aliphatic heterocycles. The molecule has 18 heavy (non-hydrogen) atoms. The van der Waals surface area contributed by atoms with Crippen molar-refractivity contribution in [3.8, 4) is 0 Å². The average Bonchev–Trinajstić information content (AvgIpc) is 2.81. The SMILES string of the molecule is CC[S@](=O)[C@H]1CCC[C@@H](NCc2csc(C)n2)C1. The minimum Gasteiger partial charge on any atom is -0.308 e. The molecule has 0 radical (unpaired) electrons. The minimum absolute atomic E-state index is 0.401. The first kappa shape index (κ1) is 14.2. The molecular weight excluding hydrogens is 264 g/mol. The molecule has 3 atom stereocenters. The zero-order valence-corrected chi connectivity index (χ0v) is 12.8. The van der Waals surface area contributed by atoms with Crippen molar-refractivity contribution in [3.05, 3.63) is 16.1 Å². The fourth-order valence-corrected chi connectivity index (χ4v) is 4.50. The molecule has 0 saturated heterocycles. The number of nitrogens with one attached hydrogen (secondary N) is 1. The lowest BCUT2D eigenvalue weighted by Gasteiger charge is -2.29. The van der Waals surface area contributed by atoms with Gasteiger partial charge in [-0.25, -0.2) is 4.98 Å². The van der Waals surface area contributed by atoms with Crippen molar-refractivity contribution < 1.29 is 4.21 Å². The Kier molecular flexibility index (Phi) is 5.33. The van der Waals surface area contributed by atoms with Gasteiger partial charge < -0.3 is 5.32 Å². The van der Waals surface area contributed by atoms with E-state index in [9.17, 15) is 4.21 Å². The molecular formula is C13H22N2OS2. The highest BCUT2D eigenvalue weighted by molar-refractivity contribution is 7.85. The van der Waals surface area contributed by atoms with Gasteiger partial charge in [-0.2, -0.15) is 0 Å². The molecule has 2 rings (SSSR count). The summed E-state index contributed by atoms with van der Waals surface area (Å²) in [5.41, 5.74) is 1.14. The zero-order chi connectivity index (χ0) is 13.0. The van der Waals surface area contributed by atoms with Crippen LogP contribution in [-0.4, -0.2) is 26.2 Å². The van der Waals surface area contributed by atoms with Crippen LogP contribution in [0.5, 0.6) is 0 Å². The van der Waals surface area contributed by atoms with Crippen molar-refractivity contribution in [1.29, 1.82) is 0 Å². The molecule has 1 saturated carbocycles. The Balaban J connectivity index is 1.80. The molecule has 1 fully saturated rings. The van der Waals surface area contributed by atoms with E-state index >= 15 is 0 Å². The predicted octanol–water partition coefficient (Wildman–Crippen LogP) is 2.62. The van der Waals surface area contributed by atoms with E-state index in [-0.39, 0.29) is 0 Å². The van der Waals surface area contributed by atoms with Gasteiger partial charge in [-0.05, 0) is 26.2 Å². The van der Waals surface area contributed by atoms with Crippen molar-refractivity contribution >= 4 is 22.1 Å². The summed E-state index contributed by atoms with van der Waals surface area (Å²) in [5.74, 6) is 0.794. The second-order valence-electron chi connectivity index (χ2n) is 4.89. The Morgan fingerprint density at radius 1 is 1.56 bits per heavy atom. The standard InChI is InChI=1S/C13H22N2OS2/c1-3-18(16)13-6-4-5-11(7-13)14-8-12-9-17-10(2)15-12/h9,11,13-14H,3-8H2,1-2H3/t11-,13+,18+/m1/s1. The summed E-state index contributed by atoms with van der Waals surface area (Å²) in [7, 11) is -0.632. The van der Waals surface area contributed by atoms with Crippen LogP contribution >= 0.6 is 11.3 Å². The maximum absolute atomic E-state index is 11.9. The molecule has 0 amide bonds. The first-order valence-corrected chi connectivity index (χ1v) is 8.96. The van der Waals surface area contributed by atoms with Crippen LogP contribution in [0.4, 0.5) is 0 Å². The van der Waals surface area contributed by atoms with E-state index < -0.39 is 10.8 Å². The maximum Gasteiger partial charge on any atom is 0.0897 e. The molecule has 1 aliphatic carbocycles. The summed E-state index contributed by atoms with van der Waals surface area (Å²) in [4.78, 5) is 4.46. The maximum atomic E-state index is 11.9. The van der Waals surface area contributed by atoms with Gasteiger partial charge in [-0.1, -0.05) is 13.3 Å². The van der Waals surface area contributed by atoms with Crippen LogP contribution in [0.2, 0.25) is 0 Å². The van der Waals surface area contributed by atoms with Gasteiger partial charge in [0.25, 0.3) is 0 Å². The van der Waals surface area contributed by atoms with Crippen LogP contribution in [0, 0.1) is 6.92 Å². The highest BCUT2D eigenvalue weighted by Gasteiger charge is 2.25. The lowest BCUT2D eigenvalue weighted by atomic mass is 9.95. The molecule has 1 N–H and O–H groups in total. The Labute approximate surface area is 116 Å². The van der Waals surface area contributed by atoms with E-state index in [1.807, 2.05) is 13.8 Å². The van der Waals surface area contributed by atoms with Crippen LogP contribution < -0.4 is 5.32 Å². The van der Waals surface area contributed by atoms with Gasteiger partial charge in [0.1, 0.15) is 0 Å². The second kappa shape index (κ2) is 6.78. The summed E-state index contributed by atoms with van der Waals surface area (Å²) < 4.78 is 11.9. The van der Waals surface area contributed by atoms with E-state index in [1.165, 1.54) is 12.8 Å². The van der Waals surface area contributed by atoms with E-state index in [0.29, 0.717) is 11.3 Å². The largest absolute Gasteiger partial charge is 0.308 e. The summed E-state index contributed by atoms with van der Waals surface area (Å²) in [6, 6.07) is 0.515. The fourth-order valence-electron chi connectivity index (χ4n) is 2.54. The summed E-state index contributed by atoms with van der Waals surface area (Å²) in [5, 5.41) is 7.21. The number of aromatic nitrogens is 1. The molecule has 1 heterocycles. The van der Waals surface area contributed by atoms with Crippen molar-refractivity contribution in [1.82, 2.24) is 10.3 Å². The van der Waals surface area contributed by atoms with Crippen molar-refractivity contribution in [2.45, 2.75) is 57.4 Å². The monoisotopic (exact) mass is 286 g/mol. The van der Waals surface area contributed by atoms with Gasteiger partial charge in [-0.15, -0.1) is 11.3 Å². The molecule has 1 aromatic rings. The summed E-state index contributed by atoms with van der Waals surface area (Å²) in [6.07, 6.45) is 4.60. The molecule has 0 aromatic carbocycles. The average molecular weight is 286 g/mol. The minimum atomic E-state index is -0.632. The van der Waals surface area contributed by atoms with Crippen LogP contribution in [0.25, 0.3) is 0 Å². The number of thiazole rings is 1.